The maximum absolute atomic E-state index is 6.07. The maximum Gasteiger partial charge on any atom is 0.124 e. The highest BCUT2D eigenvalue weighted by Gasteiger charge is 2.19. The van der Waals surface area contributed by atoms with Gasteiger partial charge in [0.2, 0.25) is 0 Å². The fourth-order valence-electron chi connectivity index (χ4n) is 3.06. The monoisotopic (exact) mass is 246 g/mol. The Morgan fingerprint density at radius 2 is 2.39 bits per heavy atom. The highest BCUT2D eigenvalue weighted by atomic mass is 16.5. The molecule has 1 atom stereocenters. The van der Waals surface area contributed by atoms with Crippen molar-refractivity contribution in [3.05, 3.63) is 23.8 Å². The van der Waals surface area contributed by atoms with Crippen molar-refractivity contribution in [2.45, 2.75) is 19.3 Å². The number of hydrogen-bond donors (Lipinski definition) is 1. The minimum atomic E-state index is 0.689. The summed E-state index contributed by atoms with van der Waals surface area (Å²) in [7, 11) is 2.20. The Balaban J connectivity index is 1.61. The van der Waals surface area contributed by atoms with Gasteiger partial charge in [-0.05, 0) is 45.0 Å². The van der Waals surface area contributed by atoms with Crippen molar-refractivity contribution >= 4 is 5.69 Å². The summed E-state index contributed by atoms with van der Waals surface area (Å²) in [6, 6.07) is 6.33. The Kier molecular flexibility index (Phi) is 3.41. The van der Waals surface area contributed by atoms with Gasteiger partial charge in [-0.3, -0.25) is 0 Å². The molecule has 1 N–H and O–H groups in total. The van der Waals surface area contributed by atoms with Crippen LogP contribution in [0, 0.1) is 5.92 Å². The largest absolute Gasteiger partial charge is 0.493 e. The first-order valence-electron chi connectivity index (χ1n) is 7.00. The molecule has 3 nitrogen and oxygen atoms in total. The van der Waals surface area contributed by atoms with Crippen LogP contribution < -0.4 is 10.1 Å². The van der Waals surface area contributed by atoms with Gasteiger partial charge < -0.3 is 15.0 Å². The van der Waals surface area contributed by atoms with Crippen LogP contribution in [0.15, 0.2) is 18.2 Å². The first-order chi connectivity index (χ1) is 8.83. The Morgan fingerprint density at radius 1 is 1.44 bits per heavy atom. The number of nitrogens with one attached hydrogen (secondary N) is 1. The fourth-order valence-corrected chi connectivity index (χ4v) is 3.06. The molecule has 0 saturated carbocycles. The molecule has 3 heteroatoms. The Hall–Kier alpha value is -1.22. The molecule has 1 aromatic carbocycles. The molecule has 0 aliphatic carbocycles. The van der Waals surface area contributed by atoms with Gasteiger partial charge in [-0.2, -0.15) is 0 Å². The van der Waals surface area contributed by atoms with Crippen LogP contribution in [0.3, 0.4) is 0 Å². The molecular weight excluding hydrogens is 224 g/mol. The van der Waals surface area contributed by atoms with E-state index in [-0.39, 0.29) is 0 Å². The van der Waals surface area contributed by atoms with Crippen LogP contribution in [-0.2, 0) is 6.42 Å². The molecule has 1 aromatic rings. The molecule has 0 bridgehead atoms. The predicted octanol–water partition coefficient (Wildman–Crippen LogP) is 2.38. The van der Waals surface area contributed by atoms with E-state index in [1.807, 2.05) is 0 Å². The zero-order valence-corrected chi connectivity index (χ0v) is 11.1. The number of piperidine rings is 1. The summed E-state index contributed by atoms with van der Waals surface area (Å²) in [5, 5.41) is 3.40. The van der Waals surface area contributed by atoms with Crippen molar-refractivity contribution in [1.82, 2.24) is 4.90 Å². The lowest BCUT2D eigenvalue weighted by atomic mass is 9.99. The summed E-state index contributed by atoms with van der Waals surface area (Å²) in [5.74, 6) is 1.78. The molecule has 3 rings (SSSR count). The van der Waals surface area contributed by atoms with Crippen molar-refractivity contribution in [2.75, 3.05) is 38.6 Å². The van der Waals surface area contributed by atoms with Gasteiger partial charge in [0.1, 0.15) is 5.75 Å². The minimum Gasteiger partial charge on any atom is -0.493 e. The number of rotatable bonds is 3. The van der Waals surface area contributed by atoms with Crippen molar-refractivity contribution < 1.29 is 4.74 Å². The van der Waals surface area contributed by atoms with E-state index in [0.29, 0.717) is 5.92 Å². The lowest BCUT2D eigenvalue weighted by Gasteiger charge is -2.29. The van der Waals surface area contributed by atoms with Crippen LogP contribution in [0.4, 0.5) is 5.69 Å². The molecule has 0 amide bonds. The smallest absolute Gasteiger partial charge is 0.124 e. The van der Waals surface area contributed by atoms with Gasteiger partial charge in [-0.1, -0.05) is 6.07 Å². The predicted molar refractivity (Wildman–Crippen MR) is 74.4 cm³/mol. The molecule has 2 aliphatic heterocycles. The number of fused-ring (bicyclic) bond motifs is 1. The van der Waals surface area contributed by atoms with E-state index in [0.717, 1.165) is 25.3 Å². The van der Waals surface area contributed by atoms with Gasteiger partial charge in [0.25, 0.3) is 0 Å². The summed E-state index contributed by atoms with van der Waals surface area (Å²) in [4.78, 5) is 2.41. The number of ether oxygens (including phenoxy) is 1. The van der Waals surface area contributed by atoms with E-state index in [9.17, 15) is 0 Å². The summed E-state index contributed by atoms with van der Waals surface area (Å²) < 4.78 is 6.07. The highest BCUT2D eigenvalue weighted by Crippen LogP contribution is 2.31. The molecule has 2 heterocycles. The van der Waals surface area contributed by atoms with Crippen molar-refractivity contribution in [3.8, 4) is 5.75 Å². The molecule has 1 unspecified atom stereocenters. The molecule has 18 heavy (non-hydrogen) atoms. The van der Waals surface area contributed by atoms with E-state index >= 15 is 0 Å². The topological polar surface area (TPSA) is 24.5 Å². The van der Waals surface area contributed by atoms with E-state index in [1.54, 1.807) is 0 Å². The Morgan fingerprint density at radius 3 is 3.28 bits per heavy atom. The van der Waals surface area contributed by atoms with Gasteiger partial charge in [0.05, 0.1) is 6.61 Å². The molecule has 2 aliphatic rings. The molecule has 98 valence electrons. The second kappa shape index (κ2) is 5.19. The lowest BCUT2D eigenvalue weighted by molar-refractivity contribution is 0.150. The van der Waals surface area contributed by atoms with Gasteiger partial charge in [-0.25, -0.2) is 0 Å². The summed E-state index contributed by atoms with van der Waals surface area (Å²) in [6.45, 7) is 4.32. The van der Waals surface area contributed by atoms with Gasteiger partial charge in [-0.15, -0.1) is 0 Å². The number of likely N-dealkylation sites (tertiary alicyclic amines) is 1. The summed E-state index contributed by atoms with van der Waals surface area (Å²) in [5.41, 5.74) is 2.62. The number of benzene rings is 1. The normalized spacial score (nSPS) is 23.5. The molecule has 0 radical (unpaired) electrons. The van der Waals surface area contributed by atoms with Crippen molar-refractivity contribution in [2.24, 2.45) is 5.92 Å². The van der Waals surface area contributed by atoms with E-state index in [2.05, 4.69) is 35.5 Å². The van der Waals surface area contributed by atoms with Crippen molar-refractivity contribution in [1.29, 1.82) is 0 Å². The number of hydrogen-bond acceptors (Lipinski definition) is 3. The Bertz CT molecular complexity index is 419. The zero-order valence-electron chi connectivity index (χ0n) is 11.1. The summed E-state index contributed by atoms with van der Waals surface area (Å²) >= 11 is 0. The molecule has 0 spiro atoms. The third kappa shape index (κ3) is 2.46. The van der Waals surface area contributed by atoms with Crippen LogP contribution >= 0.6 is 0 Å². The van der Waals surface area contributed by atoms with Crippen LogP contribution in [0.1, 0.15) is 18.4 Å². The van der Waals surface area contributed by atoms with Crippen LogP contribution in [-0.4, -0.2) is 38.2 Å². The minimum absolute atomic E-state index is 0.689. The average molecular weight is 246 g/mol. The number of anilines is 1. The van der Waals surface area contributed by atoms with Gasteiger partial charge in [0, 0.05) is 30.3 Å². The standard InChI is InChI=1S/C15H22N2O/c1-17-9-3-4-12(10-17)11-18-15-6-2-5-14-13(15)7-8-16-14/h2,5-6,12,16H,3-4,7-11H2,1H3. The molecule has 1 fully saturated rings. The zero-order chi connectivity index (χ0) is 12.4. The molecular formula is C15H22N2O. The van der Waals surface area contributed by atoms with Gasteiger partial charge in [0.15, 0.2) is 0 Å². The first kappa shape index (κ1) is 11.8. The van der Waals surface area contributed by atoms with Crippen molar-refractivity contribution in [3.63, 3.8) is 0 Å². The molecule has 0 aromatic heterocycles. The van der Waals surface area contributed by atoms with Crippen LogP contribution in [0.5, 0.6) is 5.75 Å². The van der Waals surface area contributed by atoms with E-state index in [4.69, 9.17) is 4.74 Å². The van der Waals surface area contributed by atoms with E-state index < -0.39 is 0 Å². The van der Waals surface area contributed by atoms with Gasteiger partial charge >= 0.3 is 0 Å². The fraction of sp³-hybridized carbons (Fsp3) is 0.600. The van der Waals surface area contributed by atoms with E-state index in [1.165, 1.54) is 37.2 Å². The maximum atomic E-state index is 6.07. The first-order valence-corrected chi connectivity index (χ1v) is 7.00. The second-order valence-corrected chi connectivity index (χ2v) is 5.54. The highest BCUT2D eigenvalue weighted by molar-refractivity contribution is 5.61. The van der Waals surface area contributed by atoms with Crippen LogP contribution in [0.2, 0.25) is 0 Å². The lowest BCUT2D eigenvalue weighted by Crippen LogP contribution is -2.34. The number of nitrogens with zero attached hydrogens (tertiary/aromatic N) is 1. The quantitative estimate of drug-likeness (QED) is 0.886. The van der Waals surface area contributed by atoms with Crippen LogP contribution in [0.25, 0.3) is 0 Å². The second-order valence-electron chi connectivity index (χ2n) is 5.54. The Labute approximate surface area is 109 Å². The SMILES string of the molecule is CN1CCCC(COc2cccc3c2CCN3)C1. The third-order valence-corrected chi connectivity index (χ3v) is 4.02. The third-order valence-electron chi connectivity index (χ3n) is 4.02. The molecule has 1 saturated heterocycles. The average Bonchev–Trinajstić information content (AvgIpc) is 2.85. The summed E-state index contributed by atoms with van der Waals surface area (Å²) in [6.07, 6.45) is 3.70.